The summed E-state index contributed by atoms with van der Waals surface area (Å²) in [5, 5.41) is 6.95. The zero-order chi connectivity index (χ0) is 20.1. The number of H-pyrrole nitrogens is 1. The first-order chi connectivity index (χ1) is 12.8. The smallest absolute Gasteiger partial charge is 0.310 e. The largest absolute Gasteiger partial charge is 0.466 e. The van der Waals surface area contributed by atoms with Crippen molar-refractivity contribution in [1.29, 1.82) is 0 Å². The molecule has 0 spiro atoms. The molecule has 0 aliphatic carbocycles. The molecule has 1 N–H and O–H groups in total. The lowest BCUT2D eigenvalue weighted by atomic mass is 9.98. The van der Waals surface area contributed by atoms with Crippen molar-refractivity contribution in [3.63, 3.8) is 0 Å². The fourth-order valence-electron chi connectivity index (χ4n) is 3.08. The van der Waals surface area contributed by atoms with Crippen LogP contribution in [0, 0.1) is 5.92 Å². The summed E-state index contributed by atoms with van der Waals surface area (Å²) < 4.78 is 5.69. The number of esters is 1. The normalized spacial score (nSPS) is 17.1. The van der Waals surface area contributed by atoms with Gasteiger partial charge in [-0.25, -0.2) is 0 Å². The number of rotatable bonds is 6. The summed E-state index contributed by atoms with van der Waals surface area (Å²) in [5.41, 5.74) is 1.10. The van der Waals surface area contributed by atoms with E-state index in [1.165, 1.54) is 4.90 Å². The van der Waals surface area contributed by atoms with Crippen molar-refractivity contribution >= 4 is 33.7 Å². The van der Waals surface area contributed by atoms with Crippen LogP contribution in [-0.2, 0) is 14.3 Å². The number of aromatic nitrogens is 2. The van der Waals surface area contributed by atoms with Crippen molar-refractivity contribution in [1.82, 2.24) is 20.0 Å². The predicted molar refractivity (Wildman–Crippen MR) is 103 cm³/mol. The third-order valence-corrected chi connectivity index (χ3v) is 5.43. The van der Waals surface area contributed by atoms with Crippen molar-refractivity contribution in [2.75, 3.05) is 33.3 Å². The number of nitrogens with one attached hydrogen (secondary N) is 1. The predicted octanol–water partition coefficient (Wildman–Crippen LogP) is 2.17. The Morgan fingerprint density at radius 2 is 2.11 bits per heavy atom. The zero-order valence-corrected chi connectivity index (χ0v) is 17.8. The molecule has 8 nitrogen and oxygen atoms in total. The van der Waals surface area contributed by atoms with E-state index >= 15 is 0 Å². The number of likely N-dealkylation sites (tertiary alicyclic amines) is 1. The maximum atomic E-state index is 12.6. The van der Waals surface area contributed by atoms with Gasteiger partial charge in [0.1, 0.15) is 0 Å². The van der Waals surface area contributed by atoms with E-state index in [0.29, 0.717) is 24.2 Å². The molecule has 150 valence electrons. The third-order valence-electron chi connectivity index (χ3n) is 4.63. The molecule has 27 heavy (non-hydrogen) atoms. The maximum Gasteiger partial charge on any atom is 0.310 e. The number of amides is 2. The lowest BCUT2D eigenvalue weighted by Gasteiger charge is -2.32. The van der Waals surface area contributed by atoms with E-state index in [9.17, 15) is 14.4 Å². The van der Waals surface area contributed by atoms with E-state index in [2.05, 4.69) is 26.1 Å². The highest BCUT2D eigenvalue weighted by atomic mass is 79.9. The van der Waals surface area contributed by atoms with Gasteiger partial charge in [-0.15, -0.1) is 0 Å². The molecule has 0 aromatic carbocycles. The van der Waals surface area contributed by atoms with Crippen molar-refractivity contribution in [2.24, 2.45) is 5.92 Å². The molecule has 2 heterocycles. The molecule has 1 aromatic heterocycles. The first-order valence-corrected chi connectivity index (χ1v) is 9.99. The number of carbonyl (C=O) groups is 3. The van der Waals surface area contributed by atoms with Crippen LogP contribution in [0.5, 0.6) is 0 Å². The summed E-state index contributed by atoms with van der Waals surface area (Å²) in [6.07, 6.45) is 1.46. The first-order valence-electron chi connectivity index (χ1n) is 9.19. The Balaban J connectivity index is 1.98. The zero-order valence-electron chi connectivity index (χ0n) is 16.2. The summed E-state index contributed by atoms with van der Waals surface area (Å²) >= 11 is 3.41. The minimum atomic E-state index is -0.336. The molecular formula is C18H27BrN4O4. The quantitative estimate of drug-likeness (QED) is 0.680. The van der Waals surface area contributed by atoms with Gasteiger partial charge in [-0.2, -0.15) is 5.10 Å². The molecule has 1 atom stereocenters. The van der Waals surface area contributed by atoms with Crippen LogP contribution < -0.4 is 0 Å². The van der Waals surface area contributed by atoms with Gasteiger partial charge in [0.2, 0.25) is 5.91 Å². The van der Waals surface area contributed by atoms with E-state index < -0.39 is 0 Å². The van der Waals surface area contributed by atoms with E-state index in [4.69, 9.17) is 4.74 Å². The topological polar surface area (TPSA) is 95.6 Å². The summed E-state index contributed by atoms with van der Waals surface area (Å²) in [7, 11) is 1.57. The van der Waals surface area contributed by atoms with Crippen LogP contribution in [0.25, 0.3) is 0 Å². The number of hydrogen-bond acceptors (Lipinski definition) is 5. The highest BCUT2D eigenvalue weighted by molar-refractivity contribution is 9.10. The van der Waals surface area contributed by atoms with Gasteiger partial charge in [-0.1, -0.05) is 13.8 Å². The van der Waals surface area contributed by atoms with E-state index in [-0.39, 0.29) is 41.9 Å². The van der Waals surface area contributed by atoms with Crippen LogP contribution in [-0.4, -0.2) is 71.1 Å². The molecular weight excluding hydrogens is 416 g/mol. The minimum absolute atomic E-state index is 0.0648. The van der Waals surface area contributed by atoms with Gasteiger partial charge in [0, 0.05) is 20.1 Å². The Bertz CT molecular complexity index is 704. The lowest BCUT2D eigenvalue weighted by molar-refractivity contribution is -0.151. The molecule has 1 aliphatic heterocycles. The second-order valence-corrected chi connectivity index (χ2v) is 7.84. The Kier molecular flexibility index (Phi) is 7.41. The van der Waals surface area contributed by atoms with E-state index in [0.717, 1.165) is 18.5 Å². The standard InChI is InChI=1S/C18H27BrN4O4/c1-5-27-18(26)12-7-6-8-23(9-12)13(24)10-22(4)17(25)16-14(19)15(11(2)3)20-21-16/h11-12H,5-10H2,1-4H3,(H,20,21). The van der Waals surface area contributed by atoms with Crippen LogP contribution in [0.1, 0.15) is 55.7 Å². The average molecular weight is 443 g/mol. The van der Waals surface area contributed by atoms with Crippen molar-refractivity contribution in [3.05, 3.63) is 15.9 Å². The molecule has 0 bridgehead atoms. The summed E-state index contributed by atoms with van der Waals surface area (Å²) in [6.45, 7) is 6.94. The minimum Gasteiger partial charge on any atom is -0.466 e. The Labute approximate surface area is 167 Å². The third kappa shape index (κ3) is 5.09. The van der Waals surface area contributed by atoms with Crippen molar-refractivity contribution < 1.29 is 19.1 Å². The Morgan fingerprint density at radius 1 is 1.41 bits per heavy atom. The molecule has 2 amide bonds. The monoisotopic (exact) mass is 442 g/mol. The molecule has 1 fully saturated rings. The maximum absolute atomic E-state index is 12.6. The van der Waals surface area contributed by atoms with Crippen molar-refractivity contribution in [2.45, 2.75) is 39.5 Å². The molecule has 1 aromatic rings. The summed E-state index contributed by atoms with van der Waals surface area (Å²) in [4.78, 5) is 40.2. The van der Waals surface area contributed by atoms with Gasteiger partial charge in [0.15, 0.2) is 5.69 Å². The number of hydrogen-bond donors (Lipinski definition) is 1. The van der Waals surface area contributed by atoms with Crippen LogP contribution in [0.3, 0.4) is 0 Å². The highest BCUT2D eigenvalue weighted by Crippen LogP contribution is 2.26. The molecule has 1 unspecified atom stereocenters. The van der Waals surface area contributed by atoms with Crippen LogP contribution in [0.15, 0.2) is 4.47 Å². The first kappa shape index (κ1) is 21.4. The van der Waals surface area contributed by atoms with Crippen LogP contribution in [0.4, 0.5) is 0 Å². The second kappa shape index (κ2) is 9.34. The molecule has 1 aliphatic rings. The van der Waals surface area contributed by atoms with E-state index in [1.807, 2.05) is 13.8 Å². The number of likely N-dealkylation sites (N-methyl/N-ethyl adjacent to an activating group) is 1. The fourth-order valence-corrected chi connectivity index (χ4v) is 3.88. The van der Waals surface area contributed by atoms with E-state index in [1.54, 1.807) is 18.9 Å². The molecule has 0 radical (unpaired) electrons. The average Bonchev–Trinajstić information content (AvgIpc) is 3.02. The lowest BCUT2D eigenvalue weighted by Crippen LogP contribution is -2.47. The van der Waals surface area contributed by atoms with Gasteiger partial charge in [0.05, 0.1) is 29.2 Å². The fraction of sp³-hybridized carbons (Fsp3) is 0.667. The van der Waals surface area contributed by atoms with Gasteiger partial charge in [-0.3, -0.25) is 19.5 Å². The van der Waals surface area contributed by atoms with Gasteiger partial charge in [0.25, 0.3) is 5.91 Å². The number of nitrogens with zero attached hydrogens (tertiary/aromatic N) is 3. The molecule has 9 heteroatoms. The SMILES string of the molecule is CCOC(=O)C1CCCN(C(=O)CN(C)C(=O)c2n[nH]c(C(C)C)c2Br)C1. The summed E-state index contributed by atoms with van der Waals surface area (Å²) in [6, 6.07) is 0. The van der Waals surface area contributed by atoms with Gasteiger partial charge in [-0.05, 0) is 41.6 Å². The molecule has 0 saturated carbocycles. The summed E-state index contributed by atoms with van der Waals surface area (Å²) in [5.74, 6) is -0.889. The second-order valence-electron chi connectivity index (χ2n) is 7.05. The number of ether oxygens (including phenoxy) is 1. The molecule has 1 saturated heterocycles. The Hall–Kier alpha value is -1.90. The molecule has 2 rings (SSSR count). The number of halogens is 1. The number of aromatic amines is 1. The van der Waals surface area contributed by atoms with Gasteiger partial charge >= 0.3 is 5.97 Å². The van der Waals surface area contributed by atoms with Gasteiger partial charge < -0.3 is 14.5 Å². The number of piperidine rings is 1. The highest BCUT2D eigenvalue weighted by Gasteiger charge is 2.31. The Morgan fingerprint density at radius 3 is 2.70 bits per heavy atom. The van der Waals surface area contributed by atoms with Crippen LogP contribution in [0.2, 0.25) is 0 Å². The van der Waals surface area contributed by atoms with Crippen molar-refractivity contribution in [3.8, 4) is 0 Å². The van der Waals surface area contributed by atoms with Crippen LogP contribution >= 0.6 is 15.9 Å². The number of carbonyl (C=O) groups excluding carboxylic acids is 3.